The predicted molar refractivity (Wildman–Crippen MR) is 248 cm³/mol. The van der Waals surface area contributed by atoms with Crippen LogP contribution in [-0.4, -0.2) is 142 Å². The van der Waals surface area contributed by atoms with E-state index < -0.39 is 60.7 Å². The van der Waals surface area contributed by atoms with Crippen molar-refractivity contribution in [2.24, 2.45) is 0 Å². The molecule has 0 radical (unpaired) electrons. The van der Waals surface area contributed by atoms with Crippen molar-refractivity contribution < 1.29 is 52.5 Å². The van der Waals surface area contributed by atoms with Gasteiger partial charge in [0.05, 0.1) is 25.8 Å². The lowest BCUT2D eigenvalue weighted by Gasteiger charge is -2.25. The molecule has 0 aliphatic carbocycles. The number of alkyl carbamates (subject to hydrolysis) is 1. The fourth-order valence-corrected chi connectivity index (χ4v) is 6.49. The number of amides is 6. The van der Waals surface area contributed by atoms with Crippen LogP contribution in [0.4, 0.5) is 26.0 Å². The molecular formula is C45H52N14O11. The molecule has 2 aromatic carbocycles. The molecule has 6 rings (SSSR count). The molecule has 0 fully saturated rings. The van der Waals surface area contributed by atoms with E-state index in [0.29, 0.717) is 0 Å². The van der Waals surface area contributed by atoms with Crippen molar-refractivity contribution in [3.63, 3.8) is 0 Å². The van der Waals surface area contributed by atoms with Crippen LogP contribution in [0.25, 0.3) is 22.3 Å². The first-order chi connectivity index (χ1) is 33.6. The summed E-state index contributed by atoms with van der Waals surface area (Å²) in [6.07, 6.45) is 2.70. The van der Waals surface area contributed by atoms with Gasteiger partial charge in [-0.05, 0) is 38.8 Å². The molecule has 6 aromatic rings. The molecule has 0 aliphatic rings. The number of nitrogens with zero attached hydrogens (tertiary/aromatic N) is 10. The van der Waals surface area contributed by atoms with Crippen molar-refractivity contribution >= 4 is 75.9 Å². The predicted octanol–water partition coefficient (Wildman–Crippen LogP) is 3.02. The Morgan fingerprint density at radius 1 is 0.586 bits per heavy atom. The second-order valence-electron chi connectivity index (χ2n) is 16.1. The number of nitrogens with one attached hydrogen (secondary N) is 4. The number of benzene rings is 2. The van der Waals surface area contributed by atoms with Gasteiger partial charge in [-0.1, -0.05) is 60.7 Å². The van der Waals surface area contributed by atoms with Gasteiger partial charge in [0.25, 0.3) is 0 Å². The average Bonchev–Trinajstić information content (AvgIpc) is 3.94. The molecule has 0 aliphatic heterocycles. The fraction of sp³-hybridized carbons (Fsp3) is 0.356. The molecule has 25 nitrogen and oxygen atoms in total. The van der Waals surface area contributed by atoms with Crippen LogP contribution in [0.5, 0.6) is 0 Å². The number of fused-ring (bicyclic) bond motifs is 2. The number of carbonyl (C=O) groups excluding carboxylic acids is 7. The summed E-state index contributed by atoms with van der Waals surface area (Å²) in [5.41, 5.74) is 1.49. The lowest BCUT2D eigenvalue weighted by Crippen LogP contribution is -2.47. The number of aromatic nitrogens is 8. The number of ether oxygens (including phenoxy) is 4. The van der Waals surface area contributed by atoms with Gasteiger partial charge in [-0.25, -0.2) is 44.3 Å². The number of imidazole rings is 2. The minimum Gasteiger partial charge on any atom is -0.465 e. The summed E-state index contributed by atoms with van der Waals surface area (Å²) in [6.45, 7) is 4.59. The number of anilines is 2. The molecule has 4 heterocycles. The highest BCUT2D eigenvalue weighted by Gasteiger charge is 2.24. The smallest absolute Gasteiger partial charge is 0.413 e. The Labute approximate surface area is 400 Å². The first-order valence-corrected chi connectivity index (χ1v) is 21.9. The van der Waals surface area contributed by atoms with E-state index >= 15 is 0 Å². The lowest BCUT2D eigenvalue weighted by atomic mass is 10.2. The van der Waals surface area contributed by atoms with E-state index in [1.165, 1.54) is 44.2 Å². The minimum absolute atomic E-state index is 0.0124. The highest BCUT2D eigenvalue weighted by Crippen LogP contribution is 2.20. The van der Waals surface area contributed by atoms with E-state index in [1.54, 1.807) is 52.0 Å². The molecule has 0 bridgehead atoms. The van der Waals surface area contributed by atoms with Crippen LogP contribution in [0, 0.1) is 0 Å². The average molecular weight is 965 g/mol. The van der Waals surface area contributed by atoms with Crippen molar-refractivity contribution in [2.45, 2.75) is 59.6 Å². The van der Waals surface area contributed by atoms with Gasteiger partial charge >= 0.3 is 24.2 Å². The van der Waals surface area contributed by atoms with Crippen molar-refractivity contribution in [3.05, 3.63) is 97.1 Å². The second kappa shape index (κ2) is 24.3. The Morgan fingerprint density at radius 3 is 1.53 bits per heavy atom. The number of esters is 1. The Hall–Kier alpha value is -8.77. The van der Waals surface area contributed by atoms with Gasteiger partial charge < -0.3 is 48.5 Å². The third-order valence-corrected chi connectivity index (χ3v) is 9.70. The molecule has 0 spiro atoms. The van der Waals surface area contributed by atoms with Crippen molar-refractivity contribution in [3.8, 4) is 0 Å². The lowest BCUT2D eigenvalue weighted by molar-refractivity contribution is -0.149. The van der Waals surface area contributed by atoms with E-state index in [9.17, 15) is 33.6 Å². The third-order valence-electron chi connectivity index (χ3n) is 9.70. The fourth-order valence-electron chi connectivity index (χ4n) is 6.49. The minimum atomic E-state index is -0.791. The normalized spacial score (nSPS) is 11.0. The Bertz CT molecular complexity index is 2780. The molecule has 70 heavy (non-hydrogen) atoms. The molecule has 25 heteroatoms. The first-order valence-electron chi connectivity index (χ1n) is 21.9. The van der Waals surface area contributed by atoms with Gasteiger partial charge in [-0.3, -0.25) is 29.8 Å². The molecule has 0 saturated carbocycles. The number of hydrogen-bond donors (Lipinski definition) is 4. The quantitative estimate of drug-likeness (QED) is 0.0595. The van der Waals surface area contributed by atoms with Crippen LogP contribution in [0.1, 0.15) is 38.8 Å². The Balaban J connectivity index is 1.08. The van der Waals surface area contributed by atoms with Crippen LogP contribution in [0.2, 0.25) is 0 Å². The summed E-state index contributed by atoms with van der Waals surface area (Å²) in [5.74, 6) is -2.39. The van der Waals surface area contributed by atoms with Gasteiger partial charge in [-0.15, -0.1) is 0 Å². The van der Waals surface area contributed by atoms with Crippen molar-refractivity contribution in [1.29, 1.82) is 0 Å². The van der Waals surface area contributed by atoms with Gasteiger partial charge in [0.15, 0.2) is 34.0 Å². The maximum atomic E-state index is 13.9. The van der Waals surface area contributed by atoms with Crippen molar-refractivity contribution in [1.82, 2.24) is 59.5 Å². The number of hydrogen-bond acceptors (Lipinski definition) is 17. The highest BCUT2D eigenvalue weighted by atomic mass is 16.6. The summed E-state index contributed by atoms with van der Waals surface area (Å²) < 4.78 is 23.8. The molecule has 0 atom stereocenters. The Kier molecular flexibility index (Phi) is 17.6. The molecule has 368 valence electrons. The second-order valence-corrected chi connectivity index (χ2v) is 16.1. The molecule has 0 saturated heterocycles. The zero-order valence-corrected chi connectivity index (χ0v) is 38.8. The monoisotopic (exact) mass is 964 g/mol. The molecule has 4 N–H and O–H groups in total. The van der Waals surface area contributed by atoms with Gasteiger partial charge in [0.2, 0.25) is 17.7 Å². The third kappa shape index (κ3) is 15.1. The van der Waals surface area contributed by atoms with Crippen LogP contribution in [0.3, 0.4) is 0 Å². The summed E-state index contributed by atoms with van der Waals surface area (Å²) in [7, 11) is 0. The zero-order valence-electron chi connectivity index (χ0n) is 38.8. The largest absolute Gasteiger partial charge is 0.465 e. The summed E-state index contributed by atoms with van der Waals surface area (Å²) in [6, 6.07) is 18.1. The zero-order chi connectivity index (χ0) is 50.0. The van der Waals surface area contributed by atoms with E-state index in [4.69, 9.17) is 18.9 Å². The van der Waals surface area contributed by atoms with E-state index in [2.05, 4.69) is 51.2 Å². The summed E-state index contributed by atoms with van der Waals surface area (Å²) in [5, 5.41) is 10.3. The first kappa shape index (κ1) is 50.6. The number of rotatable bonds is 21. The van der Waals surface area contributed by atoms with E-state index in [0.717, 1.165) is 11.1 Å². The summed E-state index contributed by atoms with van der Waals surface area (Å²) >= 11 is 0. The van der Waals surface area contributed by atoms with E-state index in [1.807, 2.05) is 36.4 Å². The molecule has 0 unspecified atom stereocenters. The van der Waals surface area contributed by atoms with Gasteiger partial charge in [0.1, 0.15) is 51.1 Å². The van der Waals surface area contributed by atoms with Gasteiger partial charge in [-0.2, -0.15) is 0 Å². The van der Waals surface area contributed by atoms with Crippen LogP contribution in [0.15, 0.2) is 86.0 Å². The maximum absolute atomic E-state index is 13.9. The standard InChI is InChI=1S/C45H52N14O11/c1-5-67-35(63)23-57(34(62)22-59-29-53-37-39(49-27-51-41(37)59)55-44(66)69-25-31-14-10-7-11-15-31)18-16-46-32(60)20-56(19-17-47-42(64)70-45(2,3)4)33(61)21-58-28-52-36-38(48-26-50-40(36)58)54-43(65)68-24-30-12-8-6-9-13-30/h6-15,26-29H,5,16-25H2,1-4H3,(H,46,60)(H,47,64)(H,48,50,54,65)(H,49,51,55,66). The number of carbonyl (C=O) groups is 7. The maximum Gasteiger partial charge on any atom is 0.413 e. The SMILES string of the molecule is CCOC(=O)CN(CCNC(=O)CN(CCNC(=O)OC(C)(C)C)C(=O)Cn1cnc2c(NC(=O)OCc3ccccc3)ncnc21)C(=O)Cn1cnc2c(NC(=O)OCc3ccccc3)ncnc21. The van der Waals surface area contributed by atoms with Gasteiger partial charge in [0, 0.05) is 26.2 Å². The van der Waals surface area contributed by atoms with Crippen LogP contribution < -0.4 is 21.3 Å². The summed E-state index contributed by atoms with van der Waals surface area (Å²) in [4.78, 5) is 119. The Morgan fingerprint density at radius 2 is 1.06 bits per heavy atom. The van der Waals surface area contributed by atoms with Crippen LogP contribution in [-0.2, 0) is 64.4 Å². The van der Waals surface area contributed by atoms with Crippen LogP contribution >= 0.6 is 0 Å². The molecular weight excluding hydrogens is 913 g/mol. The molecule has 6 amide bonds. The molecule has 4 aromatic heterocycles. The van der Waals surface area contributed by atoms with E-state index in [-0.39, 0.29) is 93.1 Å². The highest BCUT2D eigenvalue weighted by molar-refractivity contribution is 5.95. The topological polar surface area (TPSA) is 298 Å². The van der Waals surface area contributed by atoms with Crippen molar-refractivity contribution in [2.75, 3.05) is 56.5 Å².